The normalized spacial score (nSPS) is 11.8. The molecule has 0 unspecified atom stereocenters. The molecule has 0 aromatic carbocycles. The zero-order valence-corrected chi connectivity index (χ0v) is 8.25. The fourth-order valence-corrected chi connectivity index (χ4v) is 1.92. The molecule has 7 heteroatoms. The second-order valence-electron chi connectivity index (χ2n) is 1.99. The second-order valence-corrected chi connectivity index (χ2v) is 4.64. The minimum Gasteiger partial charge on any atom is -0.253 e. The first-order valence-corrected chi connectivity index (χ1v) is 5.60. The molecule has 0 spiro atoms. The lowest BCUT2D eigenvalue weighted by Crippen LogP contribution is -2.15. The number of halogens is 1. The van der Waals surface area contributed by atoms with Gasteiger partial charge >= 0.3 is 10.3 Å². The first kappa shape index (κ1) is 9.94. The van der Waals surface area contributed by atoms with Crippen molar-refractivity contribution in [1.82, 2.24) is 0 Å². The summed E-state index contributed by atoms with van der Waals surface area (Å²) in [6.45, 7) is -0.0593. The van der Waals surface area contributed by atoms with Crippen LogP contribution in [0.25, 0.3) is 0 Å². The summed E-state index contributed by atoms with van der Waals surface area (Å²) in [7, 11) is -3.85. The molecule has 0 saturated heterocycles. The lowest BCUT2D eigenvalue weighted by molar-refractivity contribution is 0.312. The largest absolute Gasteiger partial charge is 0.333 e. The fraction of sp³-hybridized carbons (Fsp3) is 0.200. The van der Waals surface area contributed by atoms with E-state index in [-0.39, 0.29) is 6.61 Å². The van der Waals surface area contributed by atoms with E-state index >= 15 is 0 Å². The summed E-state index contributed by atoms with van der Waals surface area (Å²) >= 11 is 6.90. The molecule has 0 bridgehead atoms. The molecule has 0 aliphatic heterocycles. The van der Waals surface area contributed by atoms with E-state index in [1.54, 1.807) is 11.4 Å². The number of nitrogens with two attached hydrogens (primary N) is 1. The fourth-order valence-electron chi connectivity index (χ4n) is 0.570. The molecule has 0 atom stereocenters. The van der Waals surface area contributed by atoms with Crippen molar-refractivity contribution >= 4 is 33.2 Å². The minimum absolute atomic E-state index is 0.0593. The third-order valence-corrected chi connectivity index (χ3v) is 2.69. The first-order chi connectivity index (χ1) is 5.47. The minimum atomic E-state index is -3.85. The molecule has 68 valence electrons. The van der Waals surface area contributed by atoms with E-state index in [1.807, 2.05) is 0 Å². The Morgan fingerprint density at radius 3 is 2.75 bits per heavy atom. The quantitative estimate of drug-likeness (QED) is 0.842. The van der Waals surface area contributed by atoms with Gasteiger partial charge in [0.15, 0.2) is 0 Å². The topological polar surface area (TPSA) is 69.4 Å². The van der Waals surface area contributed by atoms with Crippen LogP contribution in [-0.2, 0) is 21.1 Å². The van der Waals surface area contributed by atoms with E-state index in [2.05, 4.69) is 9.32 Å². The van der Waals surface area contributed by atoms with Gasteiger partial charge in [-0.05, 0) is 6.07 Å². The molecular formula is C5H6ClNO3S2. The van der Waals surface area contributed by atoms with E-state index in [0.29, 0.717) is 9.90 Å². The summed E-state index contributed by atoms with van der Waals surface area (Å²) in [6.07, 6.45) is 0. The Balaban J connectivity index is 2.55. The van der Waals surface area contributed by atoms with Crippen LogP contribution in [0.2, 0.25) is 5.02 Å². The van der Waals surface area contributed by atoms with Gasteiger partial charge in [-0.3, -0.25) is 4.18 Å². The molecular weight excluding hydrogens is 222 g/mol. The van der Waals surface area contributed by atoms with Crippen LogP contribution in [0.15, 0.2) is 11.4 Å². The van der Waals surface area contributed by atoms with Gasteiger partial charge in [-0.1, -0.05) is 11.6 Å². The predicted octanol–water partition coefficient (Wildman–Crippen LogP) is 1.12. The van der Waals surface area contributed by atoms with Gasteiger partial charge in [-0.25, -0.2) is 5.14 Å². The highest BCUT2D eigenvalue weighted by Crippen LogP contribution is 2.19. The van der Waals surface area contributed by atoms with Crippen LogP contribution in [0.4, 0.5) is 0 Å². The van der Waals surface area contributed by atoms with Crippen molar-refractivity contribution in [3.63, 3.8) is 0 Å². The summed E-state index contributed by atoms with van der Waals surface area (Å²) in [5.74, 6) is 0. The Morgan fingerprint density at radius 1 is 1.67 bits per heavy atom. The predicted molar refractivity (Wildman–Crippen MR) is 47.2 cm³/mol. The Hall–Kier alpha value is -0.140. The second kappa shape index (κ2) is 3.71. The number of hydrogen-bond donors (Lipinski definition) is 1. The molecule has 12 heavy (non-hydrogen) atoms. The van der Waals surface area contributed by atoms with Crippen LogP contribution in [0.3, 0.4) is 0 Å². The van der Waals surface area contributed by atoms with Gasteiger partial charge in [-0.15, -0.1) is 11.3 Å². The molecule has 0 radical (unpaired) electrons. The molecule has 0 aliphatic rings. The maximum absolute atomic E-state index is 10.3. The van der Waals surface area contributed by atoms with E-state index in [0.717, 1.165) is 0 Å². The zero-order valence-electron chi connectivity index (χ0n) is 5.86. The van der Waals surface area contributed by atoms with Crippen LogP contribution in [0, 0.1) is 0 Å². The highest BCUT2D eigenvalue weighted by Gasteiger charge is 2.04. The van der Waals surface area contributed by atoms with Crippen molar-refractivity contribution < 1.29 is 12.6 Å². The highest BCUT2D eigenvalue weighted by molar-refractivity contribution is 7.84. The number of thiophene rings is 1. The van der Waals surface area contributed by atoms with Crippen LogP contribution in [-0.4, -0.2) is 8.42 Å². The summed E-state index contributed by atoms with van der Waals surface area (Å²) in [4.78, 5) is 0.717. The van der Waals surface area contributed by atoms with Gasteiger partial charge in [0.1, 0.15) is 6.61 Å². The standard InChI is InChI=1S/C5H6ClNO3S2/c6-4-1-5(11-3-4)2-10-12(7,8)9/h1,3H,2H2,(H2,7,8,9). The van der Waals surface area contributed by atoms with E-state index in [1.165, 1.54) is 11.3 Å². The Morgan fingerprint density at radius 2 is 2.33 bits per heavy atom. The Labute approximate surface area is 79.2 Å². The van der Waals surface area contributed by atoms with Gasteiger partial charge in [-0.2, -0.15) is 8.42 Å². The maximum atomic E-state index is 10.3. The van der Waals surface area contributed by atoms with Gasteiger partial charge in [0, 0.05) is 10.3 Å². The molecule has 2 N–H and O–H groups in total. The molecule has 1 aromatic rings. The van der Waals surface area contributed by atoms with Crippen molar-refractivity contribution in [2.45, 2.75) is 6.61 Å². The molecule has 0 saturated carbocycles. The smallest absolute Gasteiger partial charge is 0.253 e. The molecule has 0 fully saturated rings. The molecule has 1 heterocycles. The number of hydrogen-bond acceptors (Lipinski definition) is 4. The van der Waals surface area contributed by atoms with Crippen molar-refractivity contribution in [3.8, 4) is 0 Å². The monoisotopic (exact) mass is 227 g/mol. The van der Waals surface area contributed by atoms with Gasteiger partial charge in [0.05, 0.1) is 5.02 Å². The van der Waals surface area contributed by atoms with E-state index < -0.39 is 10.3 Å². The highest BCUT2D eigenvalue weighted by atomic mass is 35.5. The van der Waals surface area contributed by atoms with Crippen LogP contribution in [0.1, 0.15) is 4.88 Å². The summed E-state index contributed by atoms with van der Waals surface area (Å²) in [6, 6.07) is 1.62. The number of rotatable bonds is 3. The van der Waals surface area contributed by atoms with Crippen LogP contribution < -0.4 is 5.14 Å². The van der Waals surface area contributed by atoms with E-state index in [9.17, 15) is 8.42 Å². The van der Waals surface area contributed by atoms with Gasteiger partial charge in [0.25, 0.3) is 0 Å². The lowest BCUT2D eigenvalue weighted by Gasteiger charge is -1.96. The third-order valence-electron chi connectivity index (χ3n) is 0.987. The average Bonchev–Trinajstić information content (AvgIpc) is 2.30. The molecule has 1 aromatic heterocycles. The first-order valence-electron chi connectivity index (χ1n) is 2.87. The van der Waals surface area contributed by atoms with Crippen molar-refractivity contribution in [2.24, 2.45) is 5.14 Å². The lowest BCUT2D eigenvalue weighted by atomic mass is 10.5. The average molecular weight is 228 g/mol. The SMILES string of the molecule is NS(=O)(=O)OCc1cc(Cl)cs1. The zero-order chi connectivity index (χ0) is 9.19. The van der Waals surface area contributed by atoms with E-state index in [4.69, 9.17) is 11.6 Å². The summed E-state index contributed by atoms with van der Waals surface area (Å²) < 4.78 is 25.0. The molecule has 4 nitrogen and oxygen atoms in total. The third kappa shape index (κ3) is 3.51. The van der Waals surface area contributed by atoms with Gasteiger partial charge in [0.2, 0.25) is 0 Å². The molecule has 1 rings (SSSR count). The van der Waals surface area contributed by atoms with Crippen molar-refractivity contribution in [3.05, 3.63) is 21.3 Å². The van der Waals surface area contributed by atoms with Gasteiger partial charge < -0.3 is 0 Å². The summed E-state index contributed by atoms with van der Waals surface area (Å²) in [5, 5.41) is 6.86. The molecule has 0 aliphatic carbocycles. The molecule has 0 amide bonds. The van der Waals surface area contributed by atoms with Crippen molar-refractivity contribution in [1.29, 1.82) is 0 Å². The Kier molecular flexibility index (Phi) is 3.08. The summed E-state index contributed by atoms with van der Waals surface area (Å²) in [5.41, 5.74) is 0. The maximum Gasteiger partial charge on any atom is 0.333 e. The van der Waals surface area contributed by atoms with Crippen LogP contribution >= 0.6 is 22.9 Å². The van der Waals surface area contributed by atoms with Crippen molar-refractivity contribution in [2.75, 3.05) is 0 Å². The van der Waals surface area contributed by atoms with Crippen LogP contribution in [0.5, 0.6) is 0 Å². The Bertz CT molecular complexity index is 359.